The summed E-state index contributed by atoms with van der Waals surface area (Å²) >= 11 is 0. The third-order valence-corrected chi connectivity index (χ3v) is 4.58. The summed E-state index contributed by atoms with van der Waals surface area (Å²) in [7, 11) is 0. The van der Waals surface area contributed by atoms with Gasteiger partial charge in [0.05, 0.1) is 16.7 Å². The summed E-state index contributed by atoms with van der Waals surface area (Å²) in [5, 5.41) is 18.0. The zero-order valence-corrected chi connectivity index (χ0v) is 13.8. The van der Waals surface area contributed by atoms with Gasteiger partial charge in [-0.3, -0.25) is 14.9 Å². The molecule has 26 heavy (non-hydrogen) atoms. The molecule has 7 heteroatoms. The molecule has 0 saturated carbocycles. The fourth-order valence-electron chi connectivity index (χ4n) is 3.26. The quantitative estimate of drug-likeness (QED) is 0.579. The molecule has 0 fully saturated rings. The first-order chi connectivity index (χ1) is 12.6. The monoisotopic (exact) mass is 348 g/mol. The van der Waals surface area contributed by atoms with Gasteiger partial charge in [-0.25, -0.2) is 4.68 Å². The lowest BCUT2D eigenvalue weighted by atomic mass is 10.1. The lowest BCUT2D eigenvalue weighted by molar-refractivity contribution is -0.384. The van der Waals surface area contributed by atoms with Crippen LogP contribution in [0.3, 0.4) is 0 Å². The minimum absolute atomic E-state index is 0.00299. The number of hydrogen-bond donors (Lipinski definition) is 1. The summed E-state index contributed by atoms with van der Waals surface area (Å²) in [5.41, 5.74) is 3.41. The number of benzene rings is 2. The number of aryl methyl sites for hydroxylation is 1. The highest BCUT2D eigenvalue weighted by molar-refractivity contribution is 5.92. The fourth-order valence-corrected chi connectivity index (χ4v) is 3.26. The van der Waals surface area contributed by atoms with Gasteiger partial charge in [0.25, 0.3) is 11.6 Å². The van der Waals surface area contributed by atoms with Crippen LogP contribution in [-0.4, -0.2) is 20.6 Å². The van der Waals surface area contributed by atoms with Crippen LogP contribution in [0.15, 0.2) is 60.8 Å². The second-order valence-electron chi connectivity index (χ2n) is 6.18. The number of fused-ring (bicyclic) bond motifs is 1. The van der Waals surface area contributed by atoms with Gasteiger partial charge in [-0.1, -0.05) is 24.3 Å². The first-order valence-electron chi connectivity index (χ1n) is 8.31. The molecule has 3 aromatic rings. The molecule has 1 aliphatic carbocycles. The van der Waals surface area contributed by atoms with Gasteiger partial charge in [0.15, 0.2) is 5.69 Å². The van der Waals surface area contributed by atoms with Crippen molar-refractivity contribution in [3.63, 3.8) is 0 Å². The second kappa shape index (κ2) is 6.44. The molecule has 1 aliphatic rings. The standard InChI is InChI=1S/C19H16N4O3/c24-19(20-17-10-5-13-3-1-2-4-16(13)17)18-11-12-22(21-18)14-6-8-15(9-7-14)23(25)26/h1-4,6-9,11-12,17H,5,10H2,(H,20,24)/t17-/m1/s1. The van der Waals surface area contributed by atoms with Crippen LogP contribution >= 0.6 is 0 Å². The van der Waals surface area contributed by atoms with E-state index in [0.29, 0.717) is 11.4 Å². The fraction of sp³-hybridized carbons (Fsp3) is 0.158. The van der Waals surface area contributed by atoms with Crippen molar-refractivity contribution in [2.45, 2.75) is 18.9 Å². The summed E-state index contributed by atoms with van der Waals surface area (Å²) in [4.78, 5) is 22.8. The molecule has 0 saturated heterocycles. The third-order valence-electron chi connectivity index (χ3n) is 4.58. The van der Waals surface area contributed by atoms with Gasteiger partial charge in [0.1, 0.15) is 0 Å². The normalized spacial score (nSPS) is 15.5. The van der Waals surface area contributed by atoms with Crippen LogP contribution < -0.4 is 5.32 Å². The van der Waals surface area contributed by atoms with Gasteiger partial charge < -0.3 is 5.32 Å². The molecule has 4 rings (SSSR count). The highest BCUT2D eigenvalue weighted by Crippen LogP contribution is 2.30. The van der Waals surface area contributed by atoms with Crippen molar-refractivity contribution in [2.75, 3.05) is 0 Å². The molecule has 1 heterocycles. The second-order valence-corrected chi connectivity index (χ2v) is 6.18. The van der Waals surface area contributed by atoms with Crippen LogP contribution in [0.4, 0.5) is 5.69 Å². The molecule has 2 aromatic carbocycles. The summed E-state index contributed by atoms with van der Waals surface area (Å²) in [6.45, 7) is 0. The van der Waals surface area contributed by atoms with Crippen LogP contribution in [0.5, 0.6) is 0 Å². The highest BCUT2D eigenvalue weighted by atomic mass is 16.6. The van der Waals surface area contributed by atoms with Crippen molar-refractivity contribution in [3.05, 3.63) is 87.7 Å². The number of non-ortho nitro benzene ring substituents is 1. The smallest absolute Gasteiger partial charge is 0.272 e. The number of nitro benzene ring substituents is 1. The Labute approximate surface area is 149 Å². The number of carbonyl (C=O) groups is 1. The lowest BCUT2D eigenvalue weighted by Crippen LogP contribution is -2.27. The summed E-state index contributed by atoms with van der Waals surface area (Å²) in [5.74, 6) is -0.229. The first kappa shape index (κ1) is 16.0. The van der Waals surface area contributed by atoms with Crippen molar-refractivity contribution in [1.82, 2.24) is 15.1 Å². The Bertz CT molecular complexity index is 978. The Morgan fingerprint density at radius 1 is 1.15 bits per heavy atom. The van der Waals surface area contributed by atoms with E-state index in [4.69, 9.17) is 0 Å². The minimum atomic E-state index is -0.453. The van der Waals surface area contributed by atoms with E-state index in [-0.39, 0.29) is 17.6 Å². The first-order valence-corrected chi connectivity index (χ1v) is 8.31. The van der Waals surface area contributed by atoms with E-state index >= 15 is 0 Å². The largest absolute Gasteiger partial charge is 0.344 e. The topological polar surface area (TPSA) is 90.1 Å². The van der Waals surface area contributed by atoms with Crippen molar-refractivity contribution in [2.24, 2.45) is 0 Å². The number of amides is 1. The average molecular weight is 348 g/mol. The molecule has 0 unspecified atom stereocenters. The van der Waals surface area contributed by atoms with Crippen molar-refractivity contribution in [3.8, 4) is 5.69 Å². The minimum Gasteiger partial charge on any atom is -0.344 e. The zero-order valence-electron chi connectivity index (χ0n) is 13.8. The number of hydrogen-bond acceptors (Lipinski definition) is 4. The molecule has 0 spiro atoms. The van der Waals surface area contributed by atoms with E-state index in [1.807, 2.05) is 18.2 Å². The van der Waals surface area contributed by atoms with Crippen molar-refractivity contribution < 1.29 is 9.72 Å². The number of nitro groups is 1. The highest BCUT2D eigenvalue weighted by Gasteiger charge is 2.24. The Hall–Kier alpha value is -3.48. The summed E-state index contributed by atoms with van der Waals surface area (Å²) in [6.07, 6.45) is 3.51. The molecule has 1 atom stereocenters. The predicted molar refractivity (Wildman–Crippen MR) is 95.2 cm³/mol. The van der Waals surface area contributed by atoms with Crippen LogP contribution in [0, 0.1) is 10.1 Å². The van der Waals surface area contributed by atoms with E-state index < -0.39 is 4.92 Å². The predicted octanol–water partition coefficient (Wildman–Crippen LogP) is 3.20. The van der Waals surface area contributed by atoms with E-state index in [9.17, 15) is 14.9 Å². The Morgan fingerprint density at radius 2 is 1.92 bits per heavy atom. The molecular weight excluding hydrogens is 332 g/mol. The molecule has 1 N–H and O–H groups in total. The molecule has 0 radical (unpaired) electrons. The molecule has 1 aromatic heterocycles. The van der Waals surface area contributed by atoms with E-state index in [1.54, 1.807) is 24.4 Å². The van der Waals surface area contributed by atoms with E-state index in [2.05, 4.69) is 16.5 Å². The Morgan fingerprint density at radius 3 is 2.69 bits per heavy atom. The Kier molecular flexibility index (Phi) is 3.96. The molecular formula is C19H16N4O3. The van der Waals surface area contributed by atoms with Gasteiger partial charge >= 0.3 is 0 Å². The maximum Gasteiger partial charge on any atom is 0.272 e. The van der Waals surface area contributed by atoms with Crippen LogP contribution in [0.25, 0.3) is 5.69 Å². The van der Waals surface area contributed by atoms with Crippen molar-refractivity contribution in [1.29, 1.82) is 0 Å². The third kappa shape index (κ3) is 2.95. The van der Waals surface area contributed by atoms with Gasteiger partial charge in [-0.05, 0) is 42.2 Å². The average Bonchev–Trinajstić information content (AvgIpc) is 3.30. The summed E-state index contributed by atoms with van der Waals surface area (Å²) in [6, 6.07) is 15.8. The number of carbonyl (C=O) groups excluding carboxylic acids is 1. The van der Waals surface area contributed by atoms with Gasteiger partial charge in [0, 0.05) is 18.3 Å². The van der Waals surface area contributed by atoms with Crippen LogP contribution in [0.1, 0.15) is 34.1 Å². The van der Waals surface area contributed by atoms with Gasteiger partial charge in [-0.15, -0.1) is 0 Å². The number of nitrogens with zero attached hydrogens (tertiary/aromatic N) is 3. The molecule has 0 bridgehead atoms. The van der Waals surface area contributed by atoms with Crippen LogP contribution in [0.2, 0.25) is 0 Å². The number of nitrogens with one attached hydrogen (secondary N) is 1. The zero-order chi connectivity index (χ0) is 18.1. The molecule has 7 nitrogen and oxygen atoms in total. The SMILES string of the molecule is O=C(N[C@@H]1CCc2ccccc21)c1ccn(-c2ccc([N+](=O)[O-])cc2)n1. The molecule has 1 amide bonds. The number of rotatable bonds is 4. The summed E-state index contributed by atoms with van der Waals surface area (Å²) < 4.78 is 1.53. The van der Waals surface area contributed by atoms with Gasteiger partial charge in [-0.2, -0.15) is 5.10 Å². The van der Waals surface area contributed by atoms with E-state index in [0.717, 1.165) is 18.4 Å². The van der Waals surface area contributed by atoms with Crippen LogP contribution in [-0.2, 0) is 6.42 Å². The number of aromatic nitrogens is 2. The van der Waals surface area contributed by atoms with Crippen molar-refractivity contribution >= 4 is 11.6 Å². The Balaban J connectivity index is 1.49. The maximum atomic E-state index is 12.5. The van der Waals surface area contributed by atoms with Gasteiger partial charge in [0.2, 0.25) is 0 Å². The lowest BCUT2D eigenvalue weighted by Gasteiger charge is -2.13. The molecule has 0 aliphatic heterocycles. The van der Waals surface area contributed by atoms with E-state index in [1.165, 1.54) is 22.4 Å². The molecule has 130 valence electrons. The maximum absolute atomic E-state index is 12.5.